The fourth-order valence-corrected chi connectivity index (χ4v) is 7.93. The molecular weight excluding hydrogens is 611 g/mol. The van der Waals surface area contributed by atoms with Crippen LogP contribution in [0.3, 0.4) is 0 Å². The summed E-state index contributed by atoms with van der Waals surface area (Å²) in [5.74, 6) is 0.678. The largest absolute Gasteiger partial charge is 0.455 e. The van der Waals surface area contributed by atoms with Crippen molar-refractivity contribution in [3.05, 3.63) is 164 Å². The van der Waals surface area contributed by atoms with Gasteiger partial charge in [-0.25, -0.2) is 9.97 Å². The van der Waals surface area contributed by atoms with Crippen LogP contribution in [0, 0.1) is 0 Å². The van der Waals surface area contributed by atoms with E-state index in [-0.39, 0.29) is 0 Å². The standard InChI is InChI=1S/C46H27N3O/c1-3-12-32-28(10-1)22-26-39-42(32)43-33-13-4-2-11-29(33)23-27-40(43)49(39)31-24-20-30(21-25-31)46-47-38-18-7-5-15-36(38)44(48-46)37-17-9-16-35-34-14-6-8-19-41(34)50-45(35)37/h1-27H. The zero-order valence-corrected chi connectivity index (χ0v) is 26.8. The molecule has 0 fully saturated rings. The molecule has 0 spiro atoms. The SMILES string of the molecule is c1ccc2c(c1)ccc1c2c2c3ccccc3ccc2n1-c1ccc(-c2nc(-c3cccc4c3oc3ccccc34)c3ccccc3n2)cc1. The lowest BCUT2D eigenvalue weighted by Crippen LogP contribution is -1.97. The van der Waals surface area contributed by atoms with Crippen molar-refractivity contribution in [1.82, 2.24) is 14.5 Å². The maximum atomic E-state index is 6.45. The van der Waals surface area contributed by atoms with Crippen LogP contribution in [0.1, 0.15) is 0 Å². The third-order valence-corrected chi connectivity index (χ3v) is 10.2. The first-order valence-corrected chi connectivity index (χ1v) is 16.9. The molecule has 0 N–H and O–H groups in total. The molecule has 0 atom stereocenters. The van der Waals surface area contributed by atoms with Gasteiger partial charge >= 0.3 is 0 Å². The number of hydrogen-bond acceptors (Lipinski definition) is 3. The first-order chi connectivity index (χ1) is 24.8. The Hall–Kier alpha value is -6.78. The topological polar surface area (TPSA) is 43.9 Å². The van der Waals surface area contributed by atoms with Crippen LogP contribution in [0.2, 0.25) is 0 Å². The van der Waals surface area contributed by atoms with Crippen LogP contribution in [0.25, 0.3) is 105 Å². The maximum absolute atomic E-state index is 6.45. The molecule has 4 nitrogen and oxygen atoms in total. The van der Waals surface area contributed by atoms with Crippen molar-refractivity contribution in [2.24, 2.45) is 0 Å². The minimum atomic E-state index is 0.678. The highest BCUT2D eigenvalue weighted by molar-refractivity contribution is 6.28. The molecule has 0 saturated heterocycles. The van der Waals surface area contributed by atoms with Crippen molar-refractivity contribution < 1.29 is 4.42 Å². The Kier molecular flexibility index (Phi) is 5.63. The summed E-state index contributed by atoms with van der Waals surface area (Å²) in [6.07, 6.45) is 0. The Bertz CT molecular complexity index is 3060. The van der Waals surface area contributed by atoms with E-state index >= 15 is 0 Å². The number of nitrogens with zero attached hydrogens (tertiary/aromatic N) is 3. The van der Waals surface area contributed by atoms with E-state index in [1.165, 1.54) is 43.4 Å². The molecule has 0 aliphatic heterocycles. The first-order valence-electron chi connectivity index (χ1n) is 16.9. The van der Waals surface area contributed by atoms with Crippen molar-refractivity contribution in [2.75, 3.05) is 0 Å². The van der Waals surface area contributed by atoms with Crippen molar-refractivity contribution in [3.8, 4) is 28.3 Å². The van der Waals surface area contributed by atoms with Gasteiger partial charge < -0.3 is 8.98 Å². The molecule has 11 rings (SSSR count). The van der Waals surface area contributed by atoms with Crippen LogP contribution >= 0.6 is 0 Å². The number of aromatic nitrogens is 3. The highest BCUT2D eigenvalue weighted by Gasteiger charge is 2.19. The third kappa shape index (κ3) is 3.87. The van der Waals surface area contributed by atoms with Gasteiger partial charge in [-0.2, -0.15) is 0 Å². The molecule has 3 aromatic heterocycles. The van der Waals surface area contributed by atoms with Gasteiger partial charge in [0.15, 0.2) is 5.82 Å². The molecule has 0 saturated carbocycles. The predicted molar refractivity (Wildman–Crippen MR) is 207 cm³/mol. The Morgan fingerprint density at radius 2 is 1.04 bits per heavy atom. The number of furan rings is 1. The van der Waals surface area contributed by atoms with Crippen molar-refractivity contribution in [3.63, 3.8) is 0 Å². The summed E-state index contributed by atoms with van der Waals surface area (Å²) < 4.78 is 8.84. The Labute approximate surface area is 286 Å². The Morgan fingerprint density at radius 1 is 0.440 bits per heavy atom. The van der Waals surface area contributed by atoms with E-state index in [9.17, 15) is 0 Å². The quantitative estimate of drug-likeness (QED) is 0.194. The van der Waals surface area contributed by atoms with Crippen LogP contribution in [-0.2, 0) is 0 Å². The lowest BCUT2D eigenvalue weighted by molar-refractivity contribution is 0.670. The summed E-state index contributed by atoms with van der Waals surface area (Å²) in [5.41, 5.74) is 8.84. The minimum absolute atomic E-state index is 0.678. The van der Waals surface area contributed by atoms with Gasteiger partial charge in [0, 0.05) is 43.7 Å². The van der Waals surface area contributed by atoms with Gasteiger partial charge in [0.2, 0.25) is 0 Å². The molecule has 3 heterocycles. The summed E-state index contributed by atoms with van der Waals surface area (Å²) in [5, 5.41) is 10.7. The first kappa shape index (κ1) is 27.2. The number of para-hydroxylation sites is 3. The zero-order valence-electron chi connectivity index (χ0n) is 26.8. The van der Waals surface area contributed by atoms with Gasteiger partial charge in [0.25, 0.3) is 0 Å². The number of benzene rings is 8. The third-order valence-electron chi connectivity index (χ3n) is 10.2. The molecule has 0 unspecified atom stereocenters. The summed E-state index contributed by atoms with van der Waals surface area (Å²) in [6.45, 7) is 0. The second kappa shape index (κ2) is 10.4. The van der Waals surface area contributed by atoms with E-state index in [2.05, 4.69) is 144 Å². The van der Waals surface area contributed by atoms with Crippen LogP contribution in [0.15, 0.2) is 168 Å². The summed E-state index contributed by atoms with van der Waals surface area (Å²) >= 11 is 0. The van der Waals surface area contributed by atoms with Crippen LogP contribution in [0.5, 0.6) is 0 Å². The molecule has 4 heteroatoms. The van der Waals surface area contributed by atoms with E-state index in [1.54, 1.807) is 0 Å². The van der Waals surface area contributed by atoms with Gasteiger partial charge in [-0.3, -0.25) is 0 Å². The van der Waals surface area contributed by atoms with Gasteiger partial charge in [-0.15, -0.1) is 0 Å². The van der Waals surface area contributed by atoms with E-state index in [4.69, 9.17) is 14.4 Å². The van der Waals surface area contributed by atoms with Crippen LogP contribution in [0.4, 0.5) is 0 Å². The smallest absolute Gasteiger partial charge is 0.160 e. The number of rotatable bonds is 3. The lowest BCUT2D eigenvalue weighted by atomic mass is 10.00. The van der Waals surface area contributed by atoms with Gasteiger partial charge in [0.1, 0.15) is 11.2 Å². The van der Waals surface area contributed by atoms with Gasteiger partial charge in [-0.1, -0.05) is 109 Å². The van der Waals surface area contributed by atoms with Crippen LogP contribution < -0.4 is 0 Å². The van der Waals surface area contributed by atoms with Crippen molar-refractivity contribution >= 4 is 76.2 Å². The van der Waals surface area contributed by atoms with E-state index in [0.29, 0.717) is 5.82 Å². The fraction of sp³-hybridized carbons (Fsp3) is 0. The van der Waals surface area contributed by atoms with E-state index < -0.39 is 0 Å². The maximum Gasteiger partial charge on any atom is 0.160 e. The molecule has 232 valence electrons. The van der Waals surface area contributed by atoms with Crippen molar-refractivity contribution in [1.29, 1.82) is 0 Å². The second-order valence-corrected chi connectivity index (χ2v) is 12.9. The molecular formula is C46H27N3O. The molecule has 0 amide bonds. The van der Waals surface area contributed by atoms with Gasteiger partial charge in [0.05, 0.1) is 22.2 Å². The zero-order chi connectivity index (χ0) is 32.8. The lowest BCUT2D eigenvalue weighted by Gasteiger charge is -2.12. The second-order valence-electron chi connectivity index (χ2n) is 12.9. The van der Waals surface area contributed by atoms with E-state index in [0.717, 1.165) is 55.3 Å². The molecule has 50 heavy (non-hydrogen) atoms. The Morgan fingerprint density at radius 3 is 1.76 bits per heavy atom. The minimum Gasteiger partial charge on any atom is -0.455 e. The molecule has 0 radical (unpaired) electrons. The van der Waals surface area contributed by atoms with Gasteiger partial charge in [-0.05, 0) is 76.1 Å². The predicted octanol–water partition coefficient (Wildman–Crippen LogP) is 12.3. The molecule has 11 aromatic rings. The molecule has 8 aromatic carbocycles. The highest BCUT2D eigenvalue weighted by Crippen LogP contribution is 2.41. The van der Waals surface area contributed by atoms with Crippen molar-refractivity contribution in [2.45, 2.75) is 0 Å². The van der Waals surface area contributed by atoms with E-state index in [1.807, 2.05) is 24.3 Å². The molecule has 0 aliphatic carbocycles. The molecule has 0 aliphatic rings. The fourth-order valence-electron chi connectivity index (χ4n) is 7.93. The average molecular weight is 638 g/mol. The number of hydrogen-bond donors (Lipinski definition) is 0. The summed E-state index contributed by atoms with van der Waals surface area (Å²) in [6, 6.07) is 57.8. The number of fused-ring (bicyclic) bond motifs is 11. The molecule has 0 bridgehead atoms. The highest BCUT2D eigenvalue weighted by atomic mass is 16.3. The average Bonchev–Trinajstić information content (AvgIpc) is 3.74. The Balaban J connectivity index is 1.11. The van der Waals surface area contributed by atoms with Crippen LogP contribution in [-0.4, -0.2) is 14.5 Å². The summed E-state index contributed by atoms with van der Waals surface area (Å²) in [7, 11) is 0. The summed E-state index contributed by atoms with van der Waals surface area (Å²) in [4.78, 5) is 10.3. The monoisotopic (exact) mass is 637 g/mol. The normalized spacial score (nSPS) is 12.0.